The summed E-state index contributed by atoms with van der Waals surface area (Å²) in [6.07, 6.45) is 4.87. The summed E-state index contributed by atoms with van der Waals surface area (Å²) in [6.45, 7) is 2.02. The van der Waals surface area contributed by atoms with Crippen LogP contribution in [0, 0.1) is 0 Å². The van der Waals surface area contributed by atoms with E-state index in [9.17, 15) is 4.79 Å². The highest BCUT2D eigenvalue weighted by atomic mass is 79.9. The number of aromatic nitrogens is 1. The molecule has 20 heavy (non-hydrogen) atoms. The molecule has 1 amide bonds. The van der Waals surface area contributed by atoms with E-state index in [1.165, 1.54) is 0 Å². The summed E-state index contributed by atoms with van der Waals surface area (Å²) in [4.78, 5) is 18.4. The van der Waals surface area contributed by atoms with Crippen LogP contribution in [0.3, 0.4) is 0 Å². The molecule has 1 aromatic rings. The Kier molecular flexibility index (Phi) is 4.21. The number of hydrogen-bond donors (Lipinski definition) is 0. The lowest BCUT2D eigenvalue weighted by Gasteiger charge is -2.30. The summed E-state index contributed by atoms with van der Waals surface area (Å²) in [5.41, 5.74) is 1.83. The van der Waals surface area contributed by atoms with Gasteiger partial charge >= 0.3 is 6.09 Å². The van der Waals surface area contributed by atoms with Crippen LogP contribution in [0.15, 0.2) is 16.7 Å². The van der Waals surface area contributed by atoms with E-state index in [-0.39, 0.29) is 12.2 Å². The number of pyridine rings is 1. The average Bonchev–Trinajstić information content (AvgIpc) is 2.47. The number of aryl methyl sites for hydroxylation is 1. The number of carbonyl (C=O) groups excluding carboxylic acids is 1. The molecule has 0 saturated carbocycles. The Morgan fingerprint density at radius 1 is 1.45 bits per heavy atom. The van der Waals surface area contributed by atoms with Gasteiger partial charge in [-0.1, -0.05) is 0 Å². The highest BCUT2D eigenvalue weighted by Gasteiger charge is 2.27. The van der Waals surface area contributed by atoms with Gasteiger partial charge in [0.05, 0.1) is 24.6 Å². The van der Waals surface area contributed by atoms with Gasteiger partial charge in [-0.05, 0) is 34.8 Å². The molecule has 0 spiro atoms. The van der Waals surface area contributed by atoms with E-state index in [1.54, 1.807) is 11.1 Å². The molecule has 1 saturated heterocycles. The number of ether oxygens (including phenoxy) is 2. The molecule has 108 valence electrons. The number of amides is 1. The van der Waals surface area contributed by atoms with E-state index in [0.717, 1.165) is 41.5 Å². The van der Waals surface area contributed by atoms with Crippen molar-refractivity contribution in [2.24, 2.45) is 0 Å². The lowest BCUT2D eigenvalue weighted by molar-refractivity contribution is 0.00371. The van der Waals surface area contributed by atoms with Crippen molar-refractivity contribution in [2.75, 3.05) is 24.7 Å². The van der Waals surface area contributed by atoms with Gasteiger partial charge in [-0.25, -0.2) is 4.79 Å². The van der Waals surface area contributed by atoms with Crippen LogP contribution < -0.4 is 4.90 Å². The summed E-state index contributed by atoms with van der Waals surface area (Å²) in [5.74, 6) is 0. The summed E-state index contributed by atoms with van der Waals surface area (Å²) < 4.78 is 11.7. The van der Waals surface area contributed by atoms with Crippen LogP contribution in [0.5, 0.6) is 0 Å². The van der Waals surface area contributed by atoms with Crippen molar-refractivity contribution in [3.63, 3.8) is 0 Å². The fourth-order valence-corrected chi connectivity index (χ4v) is 2.92. The second-order valence-corrected chi connectivity index (χ2v) is 5.99. The number of carbonyl (C=O) groups is 1. The van der Waals surface area contributed by atoms with Gasteiger partial charge < -0.3 is 9.47 Å². The minimum Gasteiger partial charge on any atom is -0.446 e. The first kappa shape index (κ1) is 13.8. The first-order valence-corrected chi connectivity index (χ1v) is 7.73. The lowest BCUT2D eigenvalue weighted by atomic mass is 10.1. The Bertz CT molecular complexity index is 503. The van der Waals surface area contributed by atoms with Gasteiger partial charge in [-0.2, -0.15) is 0 Å². The number of nitrogens with zero attached hydrogens (tertiary/aromatic N) is 2. The molecule has 0 unspecified atom stereocenters. The van der Waals surface area contributed by atoms with E-state index in [4.69, 9.17) is 9.47 Å². The maximum absolute atomic E-state index is 12.4. The number of hydrogen-bond acceptors (Lipinski definition) is 4. The molecule has 1 aromatic heterocycles. The Morgan fingerprint density at radius 2 is 2.25 bits per heavy atom. The van der Waals surface area contributed by atoms with Crippen molar-refractivity contribution in [1.29, 1.82) is 0 Å². The molecule has 5 nitrogen and oxygen atoms in total. The lowest BCUT2D eigenvalue weighted by Crippen LogP contribution is -2.39. The molecule has 2 aliphatic heterocycles. The predicted octanol–water partition coefficient (Wildman–Crippen LogP) is 2.91. The van der Waals surface area contributed by atoms with Gasteiger partial charge in [0.25, 0.3) is 0 Å². The fraction of sp³-hybridized carbons (Fsp3) is 0.571. The molecular formula is C14H17BrN2O3. The number of fused-ring (bicyclic) bond motifs is 1. The average molecular weight is 341 g/mol. The molecule has 6 heteroatoms. The molecule has 1 fully saturated rings. The maximum atomic E-state index is 12.4. The maximum Gasteiger partial charge on any atom is 0.414 e. The zero-order chi connectivity index (χ0) is 13.9. The molecule has 0 atom stereocenters. The van der Waals surface area contributed by atoms with Gasteiger partial charge in [-0.3, -0.25) is 9.88 Å². The van der Waals surface area contributed by atoms with E-state index < -0.39 is 0 Å². The molecule has 3 heterocycles. The van der Waals surface area contributed by atoms with Crippen molar-refractivity contribution in [3.05, 3.63) is 22.4 Å². The van der Waals surface area contributed by atoms with Crippen LogP contribution in [0.25, 0.3) is 0 Å². The van der Waals surface area contributed by atoms with Crippen LogP contribution in [-0.4, -0.2) is 36.9 Å². The molecule has 0 bridgehead atoms. The fourth-order valence-electron chi connectivity index (χ4n) is 2.60. The third kappa shape index (κ3) is 2.96. The van der Waals surface area contributed by atoms with Crippen LogP contribution >= 0.6 is 15.9 Å². The van der Waals surface area contributed by atoms with Crippen LogP contribution in [0.2, 0.25) is 0 Å². The third-order valence-electron chi connectivity index (χ3n) is 3.66. The van der Waals surface area contributed by atoms with E-state index in [2.05, 4.69) is 20.9 Å². The summed E-state index contributed by atoms with van der Waals surface area (Å²) >= 11 is 3.41. The second kappa shape index (κ2) is 6.10. The second-order valence-electron chi connectivity index (χ2n) is 5.07. The van der Waals surface area contributed by atoms with Crippen molar-refractivity contribution >= 4 is 27.7 Å². The zero-order valence-electron chi connectivity index (χ0n) is 11.2. The topological polar surface area (TPSA) is 51.7 Å². The minimum absolute atomic E-state index is 0.0262. The molecule has 3 rings (SSSR count). The summed E-state index contributed by atoms with van der Waals surface area (Å²) in [7, 11) is 0. The largest absolute Gasteiger partial charge is 0.446 e. The molecular weight excluding hydrogens is 324 g/mol. The highest BCUT2D eigenvalue weighted by molar-refractivity contribution is 9.10. The predicted molar refractivity (Wildman–Crippen MR) is 77.9 cm³/mol. The van der Waals surface area contributed by atoms with Gasteiger partial charge in [-0.15, -0.1) is 0 Å². The minimum atomic E-state index is -0.266. The first-order valence-electron chi connectivity index (χ1n) is 6.94. The molecule has 0 aliphatic carbocycles. The quantitative estimate of drug-likeness (QED) is 0.788. The van der Waals surface area contributed by atoms with E-state index in [0.29, 0.717) is 19.8 Å². The monoisotopic (exact) mass is 340 g/mol. The van der Waals surface area contributed by atoms with Crippen molar-refractivity contribution in [2.45, 2.75) is 31.8 Å². The van der Waals surface area contributed by atoms with Crippen LogP contribution in [0.4, 0.5) is 10.5 Å². The Labute approximate surface area is 126 Å². The zero-order valence-corrected chi connectivity index (χ0v) is 12.8. The Morgan fingerprint density at radius 3 is 3.05 bits per heavy atom. The molecule has 0 radical (unpaired) electrons. The first-order chi connectivity index (χ1) is 9.74. The van der Waals surface area contributed by atoms with E-state index >= 15 is 0 Å². The van der Waals surface area contributed by atoms with Gasteiger partial charge in [0.2, 0.25) is 0 Å². The number of anilines is 1. The van der Waals surface area contributed by atoms with Gasteiger partial charge in [0.15, 0.2) is 0 Å². The smallest absolute Gasteiger partial charge is 0.414 e. The van der Waals surface area contributed by atoms with Crippen molar-refractivity contribution in [1.82, 2.24) is 4.98 Å². The Hall–Kier alpha value is -1.14. The summed E-state index contributed by atoms with van der Waals surface area (Å²) in [5, 5.41) is 0. The molecule has 0 aromatic carbocycles. The van der Waals surface area contributed by atoms with Crippen LogP contribution in [0.1, 0.15) is 25.0 Å². The Balaban J connectivity index is 1.74. The summed E-state index contributed by atoms with van der Waals surface area (Å²) in [6, 6.07) is 1.94. The highest BCUT2D eigenvalue weighted by Crippen LogP contribution is 2.29. The molecule has 2 aliphatic rings. The van der Waals surface area contributed by atoms with Crippen molar-refractivity contribution in [3.8, 4) is 0 Å². The van der Waals surface area contributed by atoms with Gasteiger partial charge in [0, 0.05) is 30.1 Å². The normalized spacial score (nSPS) is 19.6. The SMILES string of the molecule is O=C(OC1CCOCC1)N1CCCc2ncc(Br)cc21. The van der Waals surface area contributed by atoms with Crippen molar-refractivity contribution < 1.29 is 14.3 Å². The number of halogens is 1. The standard InChI is InChI=1S/C14H17BrN2O3/c15-10-8-13-12(16-9-10)2-1-5-17(13)14(18)20-11-3-6-19-7-4-11/h8-9,11H,1-7H2. The third-order valence-corrected chi connectivity index (χ3v) is 4.09. The van der Waals surface area contributed by atoms with Crippen LogP contribution in [-0.2, 0) is 15.9 Å². The number of rotatable bonds is 1. The van der Waals surface area contributed by atoms with Gasteiger partial charge in [0.1, 0.15) is 6.10 Å². The van der Waals surface area contributed by atoms with E-state index in [1.807, 2.05) is 6.07 Å². The molecule has 0 N–H and O–H groups in total.